The van der Waals surface area contributed by atoms with Gasteiger partial charge in [-0.25, -0.2) is 0 Å². The molecule has 1 aromatic carbocycles. The third-order valence-corrected chi connectivity index (χ3v) is 3.71. The highest BCUT2D eigenvalue weighted by Gasteiger charge is 2.21. The average molecular weight is 247 g/mol. The van der Waals surface area contributed by atoms with Crippen LogP contribution in [0.4, 0.5) is 5.69 Å². The van der Waals surface area contributed by atoms with Gasteiger partial charge in [-0.05, 0) is 49.9 Å². The quantitative estimate of drug-likeness (QED) is 0.845. The van der Waals surface area contributed by atoms with Gasteiger partial charge < -0.3 is 16.4 Å². The lowest BCUT2D eigenvalue weighted by Gasteiger charge is -2.34. The van der Waals surface area contributed by atoms with E-state index in [0.717, 1.165) is 43.7 Å². The standard InChI is InChI=1S/C14H21N3O/c1-10-2-3-12(14(16)18)13(8-10)17-6-4-11(9-15)5-7-17/h2-3,8,11H,4-7,9,15H2,1H3,(H2,16,18). The van der Waals surface area contributed by atoms with E-state index in [-0.39, 0.29) is 5.91 Å². The zero-order valence-corrected chi connectivity index (χ0v) is 10.9. The predicted octanol–water partition coefficient (Wildman–Crippen LogP) is 1.27. The van der Waals surface area contributed by atoms with Gasteiger partial charge in [0, 0.05) is 18.8 Å². The van der Waals surface area contributed by atoms with E-state index in [1.807, 2.05) is 25.1 Å². The van der Waals surface area contributed by atoms with Crippen molar-refractivity contribution in [1.82, 2.24) is 0 Å². The molecule has 0 aliphatic carbocycles. The summed E-state index contributed by atoms with van der Waals surface area (Å²) in [6.07, 6.45) is 2.17. The summed E-state index contributed by atoms with van der Waals surface area (Å²) in [6, 6.07) is 5.79. The van der Waals surface area contributed by atoms with E-state index in [1.165, 1.54) is 0 Å². The molecule has 0 bridgehead atoms. The third kappa shape index (κ3) is 2.64. The highest BCUT2D eigenvalue weighted by atomic mass is 16.1. The molecule has 1 aliphatic heterocycles. The van der Waals surface area contributed by atoms with Crippen molar-refractivity contribution in [2.24, 2.45) is 17.4 Å². The van der Waals surface area contributed by atoms with Crippen LogP contribution < -0.4 is 16.4 Å². The molecule has 4 N–H and O–H groups in total. The van der Waals surface area contributed by atoms with Crippen LogP contribution in [0, 0.1) is 12.8 Å². The number of primary amides is 1. The fourth-order valence-electron chi connectivity index (χ4n) is 2.52. The van der Waals surface area contributed by atoms with Gasteiger partial charge in [-0.3, -0.25) is 4.79 Å². The number of nitrogens with two attached hydrogens (primary N) is 2. The maximum Gasteiger partial charge on any atom is 0.250 e. The molecule has 1 saturated heterocycles. The van der Waals surface area contributed by atoms with Gasteiger partial charge in [0.25, 0.3) is 5.91 Å². The van der Waals surface area contributed by atoms with Crippen molar-refractivity contribution in [3.05, 3.63) is 29.3 Å². The molecular weight excluding hydrogens is 226 g/mol. The van der Waals surface area contributed by atoms with Crippen LogP contribution in [0.1, 0.15) is 28.8 Å². The molecule has 1 fully saturated rings. The lowest BCUT2D eigenvalue weighted by atomic mass is 9.96. The Morgan fingerprint density at radius 1 is 1.39 bits per heavy atom. The summed E-state index contributed by atoms with van der Waals surface area (Å²) in [5.41, 5.74) is 13.9. The topological polar surface area (TPSA) is 72.4 Å². The van der Waals surface area contributed by atoms with Crippen LogP contribution in [0.3, 0.4) is 0 Å². The van der Waals surface area contributed by atoms with Crippen molar-refractivity contribution >= 4 is 11.6 Å². The SMILES string of the molecule is Cc1ccc(C(N)=O)c(N2CCC(CN)CC2)c1. The number of hydrogen-bond donors (Lipinski definition) is 2. The molecule has 0 atom stereocenters. The van der Waals surface area contributed by atoms with Gasteiger partial charge in [-0.1, -0.05) is 6.07 Å². The molecule has 1 amide bonds. The monoisotopic (exact) mass is 247 g/mol. The molecule has 0 aromatic heterocycles. The second-order valence-corrected chi connectivity index (χ2v) is 5.05. The maximum atomic E-state index is 11.5. The molecule has 4 heteroatoms. The number of carbonyl (C=O) groups is 1. The highest BCUT2D eigenvalue weighted by molar-refractivity contribution is 5.98. The smallest absolute Gasteiger partial charge is 0.250 e. The minimum atomic E-state index is -0.356. The van der Waals surface area contributed by atoms with E-state index in [2.05, 4.69) is 4.90 Å². The zero-order chi connectivity index (χ0) is 13.1. The van der Waals surface area contributed by atoms with E-state index in [4.69, 9.17) is 11.5 Å². The lowest BCUT2D eigenvalue weighted by molar-refractivity contribution is 0.100. The summed E-state index contributed by atoms with van der Waals surface area (Å²) >= 11 is 0. The molecule has 1 aliphatic rings. The first kappa shape index (κ1) is 12.9. The van der Waals surface area contributed by atoms with Gasteiger partial charge in [0.2, 0.25) is 0 Å². The number of nitrogens with zero attached hydrogens (tertiary/aromatic N) is 1. The zero-order valence-electron chi connectivity index (χ0n) is 10.9. The molecule has 0 unspecified atom stereocenters. The summed E-state index contributed by atoms with van der Waals surface area (Å²) in [5, 5.41) is 0. The number of hydrogen-bond acceptors (Lipinski definition) is 3. The van der Waals surface area contributed by atoms with Crippen LogP contribution in [0.25, 0.3) is 0 Å². The molecule has 0 spiro atoms. The summed E-state index contributed by atoms with van der Waals surface area (Å²) in [6.45, 7) is 4.68. The average Bonchev–Trinajstić information content (AvgIpc) is 2.38. The number of aryl methyl sites for hydroxylation is 1. The van der Waals surface area contributed by atoms with Crippen LogP contribution in [0.2, 0.25) is 0 Å². The molecule has 4 nitrogen and oxygen atoms in total. The summed E-state index contributed by atoms with van der Waals surface area (Å²) < 4.78 is 0. The van der Waals surface area contributed by atoms with Gasteiger partial charge >= 0.3 is 0 Å². The Morgan fingerprint density at radius 3 is 2.61 bits per heavy atom. The van der Waals surface area contributed by atoms with Crippen molar-refractivity contribution < 1.29 is 4.79 Å². The van der Waals surface area contributed by atoms with E-state index < -0.39 is 0 Å². The second-order valence-electron chi connectivity index (χ2n) is 5.05. The largest absolute Gasteiger partial charge is 0.371 e. The molecule has 18 heavy (non-hydrogen) atoms. The Bertz CT molecular complexity index is 437. The Kier molecular flexibility index (Phi) is 3.87. The van der Waals surface area contributed by atoms with Gasteiger partial charge in [0.05, 0.1) is 5.56 Å². The van der Waals surface area contributed by atoms with Crippen molar-refractivity contribution in [3.8, 4) is 0 Å². The number of rotatable bonds is 3. The van der Waals surface area contributed by atoms with Gasteiger partial charge in [-0.15, -0.1) is 0 Å². The Labute approximate surface area is 108 Å². The van der Waals surface area contributed by atoms with Crippen LogP contribution in [0.15, 0.2) is 18.2 Å². The molecule has 98 valence electrons. The molecule has 0 saturated carbocycles. The second kappa shape index (κ2) is 5.40. The number of amides is 1. The van der Waals surface area contributed by atoms with Crippen LogP contribution in [-0.4, -0.2) is 25.5 Å². The van der Waals surface area contributed by atoms with Crippen molar-refractivity contribution in [1.29, 1.82) is 0 Å². The molecule has 1 aromatic rings. The summed E-state index contributed by atoms with van der Waals surface area (Å²) in [7, 11) is 0. The van der Waals surface area contributed by atoms with E-state index in [9.17, 15) is 4.79 Å². The summed E-state index contributed by atoms with van der Waals surface area (Å²) in [5.74, 6) is 0.258. The van der Waals surface area contributed by atoms with Crippen LogP contribution in [0.5, 0.6) is 0 Å². The van der Waals surface area contributed by atoms with Gasteiger partial charge in [-0.2, -0.15) is 0 Å². The first-order valence-corrected chi connectivity index (χ1v) is 6.47. The molecule has 1 heterocycles. The van der Waals surface area contributed by atoms with Crippen LogP contribution >= 0.6 is 0 Å². The van der Waals surface area contributed by atoms with E-state index >= 15 is 0 Å². The maximum absolute atomic E-state index is 11.5. The number of piperidine rings is 1. The fraction of sp³-hybridized carbons (Fsp3) is 0.500. The first-order chi connectivity index (χ1) is 8.61. The van der Waals surface area contributed by atoms with Gasteiger partial charge in [0.15, 0.2) is 0 Å². The fourth-order valence-corrected chi connectivity index (χ4v) is 2.52. The molecular formula is C14H21N3O. The van der Waals surface area contributed by atoms with E-state index in [0.29, 0.717) is 11.5 Å². The van der Waals surface area contributed by atoms with Crippen LogP contribution in [-0.2, 0) is 0 Å². The number of anilines is 1. The number of carbonyl (C=O) groups excluding carboxylic acids is 1. The Balaban J connectivity index is 2.22. The summed E-state index contributed by atoms with van der Waals surface area (Å²) in [4.78, 5) is 13.7. The first-order valence-electron chi connectivity index (χ1n) is 6.47. The Hall–Kier alpha value is -1.55. The highest BCUT2D eigenvalue weighted by Crippen LogP contribution is 2.27. The third-order valence-electron chi connectivity index (χ3n) is 3.71. The Morgan fingerprint density at radius 2 is 2.06 bits per heavy atom. The minimum Gasteiger partial charge on any atom is -0.371 e. The lowest BCUT2D eigenvalue weighted by Crippen LogP contribution is -2.37. The normalized spacial score (nSPS) is 16.9. The molecule has 0 radical (unpaired) electrons. The van der Waals surface area contributed by atoms with Crippen molar-refractivity contribution in [2.75, 3.05) is 24.5 Å². The van der Waals surface area contributed by atoms with E-state index in [1.54, 1.807) is 0 Å². The van der Waals surface area contributed by atoms with Crippen molar-refractivity contribution in [3.63, 3.8) is 0 Å². The number of benzene rings is 1. The minimum absolute atomic E-state index is 0.356. The van der Waals surface area contributed by atoms with Crippen molar-refractivity contribution in [2.45, 2.75) is 19.8 Å². The predicted molar refractivity (Wildman–Crippen MR) is 73.7 cm³/mol. The van der Waals surface area contributed by atoms with Gasteiger partial charge in [0.1, 0.15) is 0 Å². The molecule has 2 rings (SSSR count).